The van der Waals surface area contributed by atoms with Gasteiger partial charge in [0, 0.05) is 10.0 Å². The molecule has 2 aromatic carbocycles. The van der Waals surface area contributed by atoms with Crippen LogP contribution in [0.2, 0.25) is 0 Å². The van der Waals surface area contributed by atoms with Gasteiger partial charge in [-0.25, -0.2) is 0 Å². The first kappa shape index (κ1) is 11.9. The lowest BCUT2D eigenvalue weighted by molar-refractivity contribution is 0.112. The van der Waals surface area contributed by atoms with Crippen LogP contribution in [0.25, 0.3) is 0 Å². The van der Waals surface area contributed by atoms with Crippen molar-refractivity contribution < 1.29 is 9.53 Å². The molecule has 0 fully saturated rings. The molecule has 0 N–H and O–H groups in total. The maximum Gasteiger partial charge on any atom is 0.150 e. The zero-order valence-corrected chi connectivity index (χ0v) is 10.7. The van der Waals surface area contributed by atoms with E-state index in [-0.39, 0.29) is 0 Å². The summed E-state index contributed by atoms with van der Waals surface area (Å²) >= 11 is 3.39. The van der Waals surface area contributed by atoms with Gasteiger partial charge in [0.05, 0.1) is 0 Å². The van der Waals surface area contributed by atoms with Crippen LogP contribution in [0.1, 0.15) is 15.9 Å². The van der Waals surface area contributed by atoms with Crippen molar-refractivity contribution >= 4 is 22.2 Å². The molecule has 3 heteroatoms. The first-order valence-electron chi connectivity index (χ1n) is 5.20. The minimum atomic E-state index is 0.496. The van der Waals surface area contributed by atoms with Gasteiger partial charge in [0.25, 0.3) is 0 Å². The predicted octanol–water partition coefficient (Wildman–Crippen LogP) is 3.84. The van der Waals surface area contributed by atoms with Crippen LogP contribution >= 0.6 is 15.9 Å². The smallest absolute Gasteiger partial charge is 0.150 e. The van der Waals surface area contributed by atoms with E-state index in [4.69, 9.17) is 4.74 Å². The molecule has 0 aromatic heterocycles. The van der Waals surface area contributed by atoms with Gasteiger partial charge in [-0.3, -0.25) is 4.79 Å². The fraction of sp³-hybridized carbons (Fsp3) is 0.0714. The van der Waals surface area contributed by atoms with Gasteiger partial charge in [0.2, 0.25) is 0 Å². The molecule has 0 bridgehead atoms. The standard InChI is InChI=1S/C14H11BrO2/c15-13-2-1-3-14(8-13)17-10-12-6-4-11(9-16)5-7-12/h1-9H,10H2. The van der Waals surface area contributed by atoms with E-state index in [9.17, 15) is 4.79 Å². The second kappa shape index (κ2) is 5.64. The van der Waals surface area contributed by atoms with Gasteiger partial charge in [-0.2, -0.15) is 0 Å². The second-order valence-electron chi connectivity index (χ2n) is 3.61. The molecular formula is C14H11BrO2. The summed E-state index contributed by atoms with van der Waals surface area (Å²) < 4.78 is 6.62. The minimum Gasteiger partial charge on any atom is -0.489 e. The molecule has 0 radical (unpaired) electrons. The van der Waals surface area contributed by atoms with E-state index in [0.717, 1.165) is 22.1 Å². The number of ether oxygens (including phenoxy) is 1. The molecule has 0 atom stereocenters. The molecule has 0 saturated carbocycles. The number of benzene rings is 2. The summed E-state index contributed by atoms with van der Waals surface area (Å²) in [5.74, 6) is 0.818. The van der Waals surface area contributed by atoms with Crippen molar-refractivity contribution in [3.63, 3.8) is 0 Å². The number of rotatable bonds is 4. The molecule has 2 rings (SSSR count). The Morgan fingerprint density at radius 2 is 1.88 bits per heavy atom. The van der Waals surface area contributed by atoms with Crippen molar-refractivity contribution in [2.75, 3.05) is 0 Å². The maximum atomic E-state index is 10.5. The molecule has 0 saturated heterocycles. The third-order valence-electron chi connectivity index (χ3n) is 2.32. The van der Waals surface area contributed by atoms with Gasteiger partial charge >= 0.3 is 0 Å². The van der Waals surface area contributed by atoms with Gasteiger partial charge in [-0.15, -0.1) is 0 Å². The van der Waals surface area contributed by atoms with Crippen LogP contribution in [0, 0.1) is 0 Å². The molecule has 0 aliphatic rings. The predicted molar refractivity (Wildman–Crippen MR) is 70.3 cm³/mol. The molecule has 0 aliphatic heterocycles. The second-order valence-corrected chi connectivity index (χ2v) is 4.52. The Labute approximate surface area is 108 Å². The van der Waals surface area contributed by atoms with E-state index in [1.165, 1.54) is 0 Å². The molecule has 17 heavy (non-hydrogen) atoms. The zero-order valence-electron chi connectivity index (χ0n) is 9.10. The van der Waals surface area contributed by atoms with E-state index in [2.05, 4.69) is 15.9 Å². The van der Waals surface area contributed by atoms with E-state index in [1.54, 1.807) is 12.1 Å². The highest BCUT2D eigenvalue weighted by Crippen LogP contribution is 2.18. The van der Waals surface area contributed by atoms with Gasteiger partial charge in [0.15, 0.2) is 0 Å². The molecule has 0 aliphatic carbocycles. The molecule has 0 amide bonds. The third-order valence-corrected chi connectivity index (χ3v) is 2.81. The van der Waals surface area contributed by atoms with Gasteiger partial charge in [-0.1, -0.05) is 46.3 Å². The summed E-state index contributed by atoms with van der Waals surface area (Å²) in [7, 11) is 0. The Balaban J connectivity index is 1.99. The van der Waals surface area contributed by atoms with Gasteiger partial charge in [0.1, 0.15) is 18.6 Å². The van der Waals surface area contributed by atoms with Crippen LogP contribution in [0.3, 0.4) is 0 Å². The summed E-state index contributed by atoms with van der Waals surface area (Å²) in [5.41, 5.74) is 1.71. The highest BCUT2D eigenvalue weighted by Gasteiger charge is 1.97. The molecule has 86 valence electrons. The fourth-order valence-corrected chi connectivity index (χ4v) is 1.79. The molecule has 2 nitrogen and oxygen atoms in total. The summed E-state index contributed by atoms with van der Waals surface area (Å²) in [4.78, 5) is 10.5. The van der Waals surface area contributed by atoms with Crippen molar-refractivity contribution in [3.8, 4) is 5.75 Å². The fourth-order valence-electron chi connectivity index (χ4n) is 1.42. The number of hydrogen-bond acceptors (Lipinski definition) is 2. The summed E-state index contributed by atoms with van der Waals surface area (Å²) in [6, 6.07) is 15.0. The number of carbonyl (C=O) groups excluding carboxylic acids is 1. The number of carbonyl (C=O) groups is 1. The average Bonchev–Trinajstić information content (AvgIpc) is 2.37. The van der Waals surface area contributed by atoms with Crippen LogP contribution in [0.4, 0.5) is 0 Å². The molecule has 2 aromatic rings. The van der Waals surface area contributed by atoms with Crippen molar-refractivity contribution in [1.82, 2.24) is 0 Å². The lowest BCUT2D eigenvalue weighted by atomic mass is 10.2. The largest absolute Gasteiger partial charge is 0.489 e. The summed E-state index contributed by atoms with van der Waals surface area (Å²) in [6.45, 7) is 0.496. The Bertz CT molecular complexity index is 506. The quantitative estimate of drug-likeness (QED) is 0.800. The molecule has 0 spiro atoms. The molecule has 0 unspecified atom stereocenters. The average molecular weight is 291 g/mol. The highest BCUT2D eigenvalue weighted by atomic mass is 79.9. The first-order chi connectivity index (χ1) is 8.28. The Hall–Kier alpha value is -1.61. The number of halogens is 1. The lowest BCUT2D eigenvalue weighted by Gasteiger charge is -2.06. The minimum absolute atomic E-state index is 0.496. The van der Waals surface area contributed by atoms with E-state index in [0.29, 0.717) is 12.2 Å². The first-order valence-corrected chi connectivity index (χ1v) is 6.00. The van der Waals surface area contributed by atoms with Gasteiger partial charge in [-0.05, 0) is 23.8 Å². The van der Waals surface area contributed by atoms with Crippen LogP contribution in [0.15, 0.2) is 53.0 Å². The van der Waals surface area contributed by atoms with Crippen LogP contribution in [0.5, 0.6) is 5.75 Å². The Morgan fingerprint density at radius 3 is 2.53 bits per heavy atom. The normalized spacial score (nSPS) is 9.94. The van der Waals surface area contributed by atoms with Gasteiger partial charge < -0.3 is 4.74 Å². The van der Waals surface area contributed by atoms with E-state index < -0.39 is 0 Å². The van der Waals surface area contributed by atoms with E-state index in [1.807, 2.05) is 36.4 Å². The molecular weight excluding hydrogens is 280 g/mol. The maximum absolute atomic E-state index is 10.5. The lowest BCUT2D eigenvalue weighted by Crippen LogP contribution is -1.95. The monoisotopic (exact) mass is 290 g/mol. The van der Waals surface area contributed by atoms with Crippen molar-refractivity contribution in [2.45, 2.75) is 6.61 Å². The van der Waals surface area contributed by atoms with Crippen LogP contribution in [-0.2, 0) is 6.61 Å². The number of hydrogen-bond donors (Lipinski definition) is 0. The third kappa shape index (κ3) is 3.43. The Kier molecular flexibility index (Phi) is 3.94. The van der Waals surface area contributed by atoms with Crippen molar-refractivity contribution in [3.05, 3.63) is 64.1 Å². The van der Waals surface area contributed by atoms with E-state index >= 15 is 0 Å². The highest BCUT2D eigenvalue weighted by molar-refractivity contribution is 9.10. The Morgan fingerprint density at radius 1 is 1.12 bits per heavy atom. The zero-order chi connectivity index (χ0) is 12.1. The van der Waals surface area contributed by atoms with Crippen LogP contribution < -0.4 is 4.74 Å². The SMILES string of the molecule is O=Cc1ccc(COc2cccc(Br)c2)cc1. The summed E-state index contributed by atoms with van der Waals surface area (Å²) in [5, 5.41) is 0. The number of aldehydes is 1. The topological polar surface area (TPSA) is 26.3 Å². The van der Waals surface area contributed by atoms with Crippen LogP contribution in [-0.4, -0.2) is 6.29 Å². The summed E-state index contributed by atoms with van der Waals surface area (Å²) in [6.07, 6.45) is 0.832. The van der Waals surface area contributed by atoms with Crippen molar-refractivity contribution in [1.29, 1.82) is 0 Å². The molecule has 0 heterocycles. The van der Waals surface area contributed by atoms with Crippen molar-refractivity contribution in [2.24, 2.45) is 0 Å².